The summed E-state index contributed by atoms with van der Waals surface area (Å²) in [6.07, 6.45) is 3.88. The van der Waals surface area contributed by atoms with Crippen molar-refractivity contribution in [3.63, 3.8) is 0 Å². The Hall–Kier alpha value is -2.99. The van der Waals surface area contributed by atoms with Gasteiger partial charge in [0.25, 0.3) is 0 Å². The summed E-state index contributed by atoms with van der Waals surface area (Å²) < 4.78 is 1.11. The average Bonchev–Trinajstić information content (AvgIpc) is 3.09. The third-order valence-corrected chi connectivity index (χ3v) is 5.66. The number of hydrogen-bond donors (Lipinski definition) is 1. The molecular formula is C21H19N3O2S. The molecule has 0 saturated heterocycles. The van der Waals surface area contributed by atoms with Crippen LogP contribution in [0, 0.1) is 0 Å². The van der Waals surface area contributed by atoms with Gasteiger partial charge < -0.3 is 10.2 Å². The van der Waals surface area contributed by atoms with Crippen LogP contribution in [-0.4, -0.2) is 21.7 Å². The van der Waals surface area contributed by atoms with E-state index in [1.807, 2.05) is 54.6 Å². The highest BCUT2D eigenvalue weighted by Gasteiger charge is 2.28. The first-order valence-corrected chi connectivity index (χ1v) is 9.60. The number of rotatable bonds is 4. The fourth-order valence-electron chi connectivity index (χ4n) is 3.33. The van der Waals surface area contributed by atoms with E-state index in [2.05, 4.69) is 10.3 Å². The smallest absolute Gasteiger partial charge is 0.223 e. The van der Waals surface area contributed by atoms with Gasteiger partial charge in [0, 0.05) is 13.1 Å². The molecule has 1 aromatic heterocycles. The molecule has 0 bridgehead atoms. The van der Waals surface area contributed by atoms with E-state index in [9.17, 15) is 9.59 Å². The van der Waals surface area contributed by atoms with Crippen molar-refractivity contribution in [1.82, 2.24) is 15.2 Å². The van der Waals surface area contributed by atoms with Gasteiger partial charge in [0.15, 0.2) is 0 Å². The summed E-state index contributed by atoms with van der Waals surface area (Å²) in [5, 5.41) is 3.82. The van der Waals surface area contributed by atoms with Gasteiger partial charge in [-0.05, 0) is 29.3 Å². The highest BCUT2D eigenvalue weighted by Crippen LogP contribution is 2.32. The minimum absolute atomic E-state index is 0.0790. The number of carbonyl (C=O) groups is 2. The van der Waals surface area contributed by atoms with Gasteiger partial charge in [0.2, 0.25) is 11.8 Å². The summed E-state index contributed by atoms with van der Waals surface area (Å²) in [6.45, 7) is 1.91. The minimum atomic E-state index is -0.293. The monoisotopic (exact) mass is 377 g/mol. The van der Waals surface area contributed by atoms with Crippen molar-refractivity contribution in [1.29, 1.82) is 0 Å². The zero-order valence-electron chi connectivity index (χ0n) is 14.9. The number of carbonyl (C=O) groups excluding carboxylic acids is 2. The maximum atomic E-state index is 12.6. The number of nitrogens with zero attached hydrogens (tertiary/aromatic N) is 2. The van der Waals surface area contributed by atoms with E-state index in [4.69, 9.17) is 0 Å². The number of para-hydroxylation sites is 1. The third kappa shape index (κ3) is 3.61. The van der Waals surface area contributed by atoms with Gasteiger partial charge in [-0.1, -0.05) is 36.4 Å². The van der Waals surface area contributed by atoms with Crippen LogP contribution in [0.5, 0.6) is 0 Å². The maximum absolute atomic E-state index is 12.6. The lowest BCUT2D eigenvalue weighted by molar-refractivity contribution is -0.130. The van der Waals surface area contributed by atoms with Crippen LogP contribution in [0.2, 0.25) is 0 Å². The van der Waals surface area contributed by atoms with Crippen LogP contribution in [0.1, 0.15) is 35.5 Å². The number of fused-ring (bicyclic) bond motifs is 2. The standard InChI is InChI=1S/C21H19N3O2S/c1-14(25)24-11-10-15-6-2-3-7-16(15)18(24)12-20(26)22-13-21-23-17-8-4-5-9-19(17)27-21/h2-11,18H,12-13H2,1H3,(H,22,26)/t18-/m0/s1. The topological polar surface area (TPSA) is 62.3 Å². The van der Waals surface area contributed by atoms with Gasteiger partial charge in [-0.15, -0.1) is 11.3 Å². The summed E-state index contributed by atoms with van der Waals surface area (Å²) in [6, 6.07) is 15.5. The zero-order chi connectivity index (χ0) is 18.8. The van der Waals surface area contributed by atoms with Crippen LogP contribution in [0.25, 0.3) is 16.3 Å². The van der Waals surface area contributed by atoms with Gasteiger partial charge in [-0.25, -0.2) is 4.98 Å². The van der Waals surface area contributed by atoms with Crippen LogP contribution in [0.3, 0.4) is 0 Å². The molecule has 0 fully saturated rings. The van der Waals surface area contributed by atoms with Gasteiger partial charge in [-0.3, -0.25) is 9.59 Å². The second kappa shape index (κ2) is 7.32. The maximum Gasteiger partial charge on any atom is 0.223 e. The number of hydrogen-bond acceptors (Lipinski definition) is 4. The van der Waals surface area contributed by atoms with Gasteiger partial charge in [0.1, 0.15) is 5.01 Å². The van der Waals surface area contributed by atoms with Crippen molar-refractivity contribution < 1.29 is 9.59 Å². The van der Waals surface area contributed by atoms with E-state index >= 15 is 0 Å². The molecule has 27 heavy (non-hydrogen) atoms. The molecule has 4 rings (SSSR count). The Labute approximate surface area is 161 Å². The van der Waals surface area contributed by atoms with E-state index in [-0.39, 0.29) is 24.3 Å². The van der Waals surface area contributed by atoms with Crippen LogP contribution < -0.4 is 5.32 Å². The first kappa shape index (κ1) is 17.4. The molecule has 5 nitrogen and oxygen atoms in total. The molecule has 0 spiro atoms. The number of nitrogens with one attached hydrogen (secondary N) is 1. The van der Waals surface area contributed by atoms with Crippen molar-refractivity contribution in [3.05, 3.63) is 70.9 Å². The number of thiazole rings is 1. The molecule has 1 N–H and O–H groups in total. The highest BCUT2D eigenvalue weighted by molar-refractivity contribution is 7.18. The highest BCUT2D eigenvalue weighted by atomic mass is 32.1. The van der Waals surface area contributed by atoms with Crippen molar-refractivity contribution in [2.75, 3.05) is 0 Å². The lowest BCUT2D eigenvalue weighted by Gasteiger charge is -2.32. The molecule has 0 saturated carbocycles. The molecule has 1 atom stereocenters. The lowest BCUT2D eigenvalue weighted by atomic mass is 9.93. The predicted octanol–water partition coefficient (Wildman–Crippen LogP) is 3.88. The Balaban J connectivity index is 1.47. The first-order valence-electron chi connectivity index (χ1n) is 8.79. The van der Waals surface area contributed by atoms with E-state index in [0.717, 1.165) is 26.4 Å². The fraction of sp³-hybridized carbons (Fsp3) is 0.190. The molecule has 136 valence electrons. The number of amides is 2. The first-order chi connectivity index (χ1) is 13.1. The van der Waals surface area contributed by atoms with Crippen molar-refractivity contribution in [2.24, 2.45) is 0 Å². The number of benzene rings is 2. The van der Waals surface area contributed by atoms with E-state index in [1.165, 1.54) is 6.92 Å². The second-order valence-electron chi connectivity index (χ2n) is 6.44. The summed E-state index contributed by atoms with van der Waals surface area (Å²) in [7, 11) is 0. The van der Waals surface area contributed by atoms with E-state index in [1.54, 1.807) is 22.4 Å². The fourth-order valence-corrected chi connectivity index (χ4v) is 4.24. The van der Waals surface area contributed by atoms with Crippen molar-refractivity contribution >= 4 is 39.4 Å². The Morgan fingerprint density at radius 3 is 2.74 bits per heavy atom. The predicted molar refractivity (Wildman–Crippen MR) is 107 cm³/mol. The van der Waals surface area contributed by atoms with Gasteiger partial charge in [-0.2, -0.15) is 0 Å². The van der Waals surface area contributed by atoms with Crippen LogP contribution in [0.15, 0.2) is 54.7 Å². The molecule has 6 heteroatoms. The van der Waals surface area contributed by atoms with E-state index in [0.29, 0.717) is 6.54 Å². The van der Waals surface area contributed by atoms with Crippen LogP contribution >= 0.6 is 11.3 Å². The Morgan fingerprint density at radius 2 is 1.93 bits per heavy atom. The Kier molecular flexibility index (Phi) is 4.73. The summed E-state index contributed by atoms with van der Waals surface area (Å²) in [4.78, 5) is 30.8. The largest absolute Gasteiger partial charge is 0.350 e. The third-order valence-electron chi connectivity index (χ3n) is 4.62. The van der Waals surface area contributed by atoms with E-state index < -0.39 is 0 Å². The van der Waals surface area contributed by atoms with Crippen molar-refractivity contribution in [2.45, 2.75) is 25.9 Å². The zero-order valence-corrected chi connectivity index (χ0v) is 15.7. The van der Waals surface area contributed by atoms with Gasteiger partial charge >= 0.3 is 0 Å². The molecule has 1 aliphatic heterocycles. The summed E-state index contributed by atoms with van der Waals surface area (Å²) >= 11 is 1.58. The second-order valence-corrected chi connectivity index (χ2v) is 7.56. The molecule has 2 heterocycles. The molecular weight excluding hydrogens is 358 g/mol. The molecule has 0 aliphatic carbocycles. The SMILES string of the molecule is CC(=O)N1C=Cc2ccccc2[C@@H]1CC(=O)NCc1nc2ccccc2s1. The van der Waals surface area contributed by atoms with Crippen LogP contribution in [-0.2, 0) is 16.1 Å². The average molecular weight is 377 g/mol. The molecule has 0 unspecified atom stereocenters. The lowest BCUT2D eigenvalue weighted by Crippen LogP contribution is -2.35. The molecule has 2 aromatic carbocycles. The summed E-state index contributed by atoms with van der Waals surface area (Å²) in [5.74, 6) is -0.180. The molecule has 3 aromatic rings. The molecule has 0 radical (unpaired) electrons. The Morgan fingerprint density at radius 1 is 1.15 bits per heavy atom. The summed E-state index contributed by atoms with van der Waals surface area (Å²) in [5.41, 5.74) is 2.98. The Bertz CT molecular complexity index is 1010. The minimum Gasteiger partial charge on any atom is -0.350 e. The molecule has 1 aliphatic rings. The van der Waals surface area contributed by atoms with Crippen molar-refractivity contribution in [3.8, 4) is 0 Å². The molecule has 2 amide bonds. The van der Waals surface area contributed by atoms with Gasteiger partial charge in [0.05, 0.1) is 29.2 Å². The normalized spacial score (nSPS) is 15.6. The van der Waals surface area contributed by atoms with Crippen LogP contribution in [0.4, 0.5) is 0 Å². The quantitative estimate of drug-likeness (QED) is 0.751. The number of aromatic nitrogens is 1.